The second-order valence-electron chi connectivity index (χ2n) is 8.60. The molecule has 0 amide bonds. The van der Waals surface area contributed by atoms with Crippen molar-refractivity contribution in [2.24, 2.45) is 0 Å². The van der Waals surface area contributed by atoms with Crippen molar-refractivity contribution in [1.29, 1.82) is 0 Å². The average molecular weight is 419 g/mol. The van der Waals surface area contributed by atoms with Gasteiger partial charge in [-0.15, -0.1) is 6.58 Å². The van der Waals surface area contributed by atoms with Crippen molar-refractivity contribution < 1.29 is 28.6 Å². The summed E-state index contributed by atoms with van der Waals surface area (Å²) in [5.74, 6) is -2.25. The van der Waals surface area contributed by atoms with Crippen LogP contribution in [-0.4, -0.2) is 37.6 Å². The summed E-state index contributed by atoms with van der Waals surface area (Å²) in [5.41, 5.74) is 0.655. The molecule has 0 saturated carbocycles. The van der Waals surface area contributed by atoms with Crippen LogP contribution in [0.5, 0.6) is 0 Å². The first-order valence-electron chi connectivity index (χ1n) is 9.62. The Morgan fingerprint density at radius 3 is 2.45 bits per heavy atom. The Hall–Kier alpha value is -2.38. The summed E-state index contributed by atoms with van der Waals surface area (Å²) in [4.78, 5) is 24.2. The van der Waals surface area contributed by atoms with Crippen molar-refractivity contribution in [1.82, 2.24) is 0 Å². The summed E-state index contributed by atoms with van der Waals surface area (Å²) < 4.78 is 17.2. The van der Waals surface area contributed by atoms with E-state index in [0.29, 0.717) is 0 Å². The lowest BCUT2D eigenvalue weighted by molar-refractivity contribution is -0.144. The van der Waals surface area contributed by atoms with E-state index in [4.69, 9.17) is 13.9 Å². The Morgan fingerprint density at radius 1 is 1.31 bits per heavy atom. The monoisotopic (exact) mass is 418 g/mol. The number of hydrogen-bond acceptors (Lipinski definition) is 5. The number of esters is 1. The number of cyclic esters (lactones) is 1. The fourth-order valence-corrected chi connectivity index (χ4v) is 4.03. The topological polar surface area (TPSA) is 82.1 Å². The molecule has 0 radical (unpaired) electrons. The summed E-state index contributed by atoms with van der Waals surface area (Å²) >= 11 is 0. The Balaban J connectivity index is 2.18. The molecule has 6 nitrogen and oxygen atoms in total. The van der Waals surface area contributed by atoms with Crippen LogP contribution in [0.15, 0.2) is 54.3 Å². The lowest BCUT2D eigenvalue weighted by atomic mass is 10.0. The molecule has 1 heterocycles. The van der Waals surface area contributed by atoms with Gasteiger partial charge in [0.15, 0.2) is 8.32 Å². The lowest BCUT2D eigenvalue weighted by Crippen LogP contribution is -2.44. The van der Waals surface area contributed by atoms with Gasteiger partial charge in [0.2, 0.25) is 5.76 Å². The van der Waals surface area contributed by atoms with Crippen LogP contribution >= 0.6 is 0 Å². The van der Waals surface area contributed by atoms with Crippen LogP contribution in [0.1, 0.15) is 32.8 Å². The minimum absolute atomic E-state index is 0.0178. The van der Waals surface area contributed by atoms with Crippen molar-refractivity contribution in [2.45, 2.75) is 64.1 Å². The van der Waals surface area contributed by atoms with E-state index in [0.717, 1.165) is 5.56 Å². The van der Waals surface area contributed by atoms with E-state index in [-0.39, 0.29) is 29.4 Å². The van der Waals surface area contributed by atoms with Crippen LogP contribution in [-0.2, 0) is 30.1 Å². The number of carboxylic acid groups (broad SMARTS) is 1. The number of carbonyl (C=O) groups excluding carboxylic acids is 1. The third-order valence-corrected chi connectivity index (χ3v) is 9.92. The van der Waals surface area contributed by atoms with Crippen LogP contribution in [0.25, 0.3) is 0 Å². The zero-order valence-corrected chi connectivity index (χ0v) is 18.7. The molecule has 1 aliphatic rings. The van der Waals surface area contributed by atoms with Gasteiger partial charge >= 0.3 is 11.9 Å². The molecule has 1 aromatic carbocycles. The van der Waals surface area contributed by atoms with Crippen LogP contribution in [0.2, 0.25) is 18.1 Å². The van der Waals surface area contributed by atoms with Gasteiger partial charge in [-0.25, -0.2) is 9.59 Å². The first-order chi connectivity index (χ1) is 13.5. The van der Waals surface area contributed by atoms with Gasteiger partial charge in [0, 0.05) is 6.42 Å². The number of rotatable bonds is 9. The number of ether oxygens (including phenoxy) is 2. The Labute approximate surface area is 173 Å². The second kappa shape index (κ2) is 8.96. The molecule has 1 aliphatic heterocycles. The molecule has 158 valence electrons. The van der Waals surface area contributed by atoms with Gasteiger partial charge in [-0.3, -0.25) is 0 Å². The molecule has 0 saturated heterocycles. The van der Waals surface area contributed by atoms with Gasteiger partial charge < -0.3 is 19.0 Å². The molecular formula is C22H30O6Si. The number of carbonyl (C=O) groups is 2. The molecule has 0 aliphatic carbocycles. The van der Waals surface area contributed by atoms with Gasteiger partial charge in [-0.2, -0.15) is 0 Å². The van der Waals surface area contributed by atoms with Gasteiger partial charge in [-0.05, 0) is 23.7 Å². The predicted molar refractivity (Wildman–Crippen MR) is 113 cm³/mol. The van der Waals surface area contributed by atoms with E-state index in [1.54, 1.807) is 6.08 Å². The van der Waals surface area contributed by atoms with Gasteiger partial charge in [0.05, 0.1) is 6.10 Å². The van der Waals surface area contributed by atoms with E-state index in [2.05, 4.69) is 40.4 Å². The molecule has 2 atom stereocenters. The summed E-state index contributed by atoms with van der Waals surface area (Å²) in [6, 6.07) is 9.21. The van der Waals surface area contributed by atoms with Crippen molar-refractivity contribution in [3.63, 3.8) is 0 Å². The molecular weight excluding hydrogens is 388 g/mol. The average Bonchev–Trinajstić information content (AvgIpc) is 2.94. The van der Waals surface area contributed by atoms with Gasteiger partial charge in [0.25, 0.3) is 0 Å². The van der Waals surface area contributed by atoms with Gasteiger partial charge in [0.1, 0.15) is 18.3 Å². The zero-order valence-electron chi connectivity index (χ0n) is 17.7. The minimum atomic E-state index is -2.11. The number of benzene rings is 1. The third-order valence-electron chi connectivity index (χ3n) is 5.42. The standard InChI is InChI=1S/C22H30O6Si/c1-7-16(28-29(5,6)22(2,3)4)13-17-18(20(23)24)19(21(25)27-17)26-14-15-11-9-8-10-12-15/h7-12,16-17H,1,13-14H2,2-6H3,(H,23,24)/t16-,17+/m0/s1. The second-order valence-corrected chi connectivity index (χ2v) is 13.4. The van der Waals surface area contributed by atoms with Crippen LogP contribution < -0.4 is 0 Å². The minimum Gasteiger partial charge on any atom is -0.481 e. The maximum atomic E-state index is 12.3. The largest absolute Gasteiger partial charge is 0.481 e. The summed E-state index contributed by atoms with van der Waals surface area (Å²) in [6.07, 6.45) is 0.438. The molecule has 7 heteroatoms. The predicted octanol–water partition coefficient (Wildman–Crippen LogP) is 4.43. The van der Waals surface area contributed by atoms with E-state index >= 15 is 0 Å². The van der Waals surface area contributed by atoms with Gasteiger partial charge in [-0.1, -0.05) is 57.2 Å². The maximum absolute atomic E-state index is 12.3. The quantitative estimate of drug-likeness (QED) is 0.363. The maximum Gasteiger partial charge on any atom is 0.374 e. The van der Waals surface area contributed by atoms with Crippen molar-refractivity contribution in [3.05, 3.63) is 59.9 Å². The first-order valence-corrected chi connectivity index (χ1v) is 12.5. The Morgan fingerprint density at radius 2 is 1.93 bits per heavy atom. The fraction of sp³-hybridized carbons (Fsp3) is 0.455. The zero-order chi connectivity index (χ0) is 21.8. The van der Waals surface area contributed by atoms with Crippen LogP contribution in [0.3, 0.4) is 0 Å². The molecule has 1 aromatic rings. The van der Waals surface area contributed by atoms with Crippen molar-refractivity contribution in [3.8, 4) is 0 Å². The highest BCUT2D eigenvalue weighted by Gasteiger charge is 2.43. The number of carboxylic acids is 1. The molecule has 0 unspecified atom stereocenters. The third kappa shape index (κ3) is 5.58. The SMILES string of the molecule is C=C[C@@H](C[C@H]1OC(=O)C(OCc2ccccc2)=C1C(=O)O)O[Si](C)(C)C(C)(C)C. The van der Waals surface area contributed by atoms with Crippen LogP contribution in [0.4, 0.5) is 0 Å². The fourth-order valence-electron chi connectivity index (χ4n) is 2.72. The van der Waals surface area contributed by atoms with E-state index < -0.39 is 32.5 Å². The summed E-state index contributed by atoms with van der Waals surface area (Å²) in [7, 11) is -2.11. The highest BCUT2D eigenvalue weighted by atomic mass is 28.4. The smallest absolute Gasteiger partial charge is 0.374 e. The lowest BCUT2D eigenvalue weighted by Gasteiger charge is -2.39. The highest BCUT2D eigenvalue weighted by Crippen LogP contribution is 2.38. The number of aliphatic carboxylic acids is 1. The molecule has 2 rings (SSSR count). The van der Waals surface area contributed by atoms with E-state index in [9.17, 15) is 14.7 Å². The van der Waals surface area contributed by atoms with E-state index in [1.807, 2.05) is 30.3 Å². The van der Waals surface area contributed by atoms with Crippen molar-refractivity contribution >= 4 is 20.3 Å². The van der Waals surface area contributed by atoms with Crippen molar-refractivity contribution in [2.75, 3.05) is 0 Å². The molecule has 29 heavy (non-hydrogen) atoms. The number of hydrogen-bond donors (Lipinski definition) is 1. The molecule has 0 bridgehead atoms. The summed E-state index contributed by atoms with van der Waals surface area (Å²) in [6.45, 7) is 14.5. The Bertz CT molecular complexity index is 791. The van der Waals surface area contributed by atoms with Crippen LogP contribution in [0, 0.1) is 0 Å². The molecule has 0 spiro atoms. The molecule has 1 N–H and O–H groups in total. The molecule has 0 fully saturated rings. The first kappa shape index (κ1) is 22.9. The Kier molecular flexibility index (Phi) is 7.08. The molecule has 0 aromatic heterocycles. The van der Waals surface area contributed by atoms with E-state index in [1.165, 1.54) is 0 Å². The normalized spacial score (nSPS) is 18.4. The highest BCUT2D eigenvalue weighted by molar-refractivity contribution is 6.74. The summed E-state index contributed by atoms with van der Waals surface area (Å²) in [5, 5.41) is 9.67.